The van der Waals surface area contributed by atoms with E-state index >= 15 is 0 Å². The first-order chi connectivity index (χ1) is 9.79. The Morgan fingerprint density at radius 1 is 1.20 bits per heavy atom. The smallest absolute Gasteiger partial charge is 0.133 e. The maximum Gasteiger partial charge on any atom is 0.133 e. The third-order valence-electron chi connectivity index (χ3n) is 3.98. The van der Waals surface area contributed by atoms with Gasteiger partial charge in [-0.25, -0.2) is 4.68 Å². The number of nitrogens with zero attached hydrogens (tertiary/aromatic N) is 2. The first kappa shape index (κ1) is 13.2. The second-order valence-electron chi connectivity index (χ2n) is 5.66. The van der Waals surface area contributed by atoms with E-state index in [1.54, 1.807) is 0 Å². The molecule has 106 valence electrons. The molecule has 1 N–H and O–H groups in total. The van der Waals surface area contributed by atoms with Gasteiger partial charge in [-0.15, -0.1) is 0 Å². The maximum atomic E-state index is 4.88. The first-order valence-corrected chi connectivity index (χ1v) is 7.71. The van der Waals surface area contributed by atoms with Crippen molar-refractivity contribution in [3.05, 3.63) is 41.1 Å². The van der Waals surface area contributed by atoms with Crippen molar-refractivity contribution in [3.8, 4) is 5.69 Å². The van der Waals surface area contributed by atoms with Crippen LogP contribution in [0.25, 0.3) is 5.69 Å². The zero-order chi connectivity index (χ0) is 13.9. The van der Waals surface area contributed by atoms with Gasteiger partial charge in [-0.1, -0.05) is 31.0 Å². The van der Waals surface area contributed by atoms with E-state index in [2.05, 4.69) is 48.1 Å². The van der Waals surface area contributed by atoms with Gasteiger partial charge in [0.15, 0.2) is 0 Å². The summed E-state index contributed by atoms with van der Waals surface area (Å²) in [5, 5.41) is 8.46. The third kappa shape index (κ3) is 2.45. The molecule has 1 aliphatic heterocycles. The second kappa shape index (κ2) is 5.70. The standard InChI is InChI=1S/C17H23N3/c1-3-6-16-15-7-4-5-12-18-17(15)20(19-16)14-10-8-13(2)9-11-14/h8-11,18H,3-7,12H2,1-2H3. The van der Waals surface area contributed by atoms with Gasteiger partial charge in [0, 0.05) is 12.1 Å². The molecule has 0 amide bonds. The minimum absolute atomic E-state index is 1.05. The second-order valence-corrected chi connectivity index (χ2v) is 5.66. The zero-order valence-corrected chi connectivity index (χ0v) is 12.4. The molecule has 0 fully saturated rings. The minimum atomic E-state index is 1.05. The van der Waals surface area contributed by atoms with Crippen LogP contribution in [0.15, 0.2) is 24.3 Å². The van der Waals surface area contributed by atoms with Gasteiger partial charge >= 0.3 is 0 Å². The van der Waals surface area contributed by atoms with E-state index in [4.69, 9.17) is 5.10 Å². The summed E-state index contributed by atoms with van der Waals surface area (Å²) in [7, 11) is 0. The van der Waals surface area contributed by atoms with Crippen LogP contribution in [0.5, 0.6) is 0 Å². The van der Waals surface area contributed by atoms with Crippen molar-refractivity contribution in [2.75, 3.05) is 11.9 Å². The minimum Gasteiger partial charge on any atom is -0.370 e. The zero-order valence-electron chi connectivity index (χ0n) is 12.4. The molecular formula is C17H23N3. The van der Waals surface area contributed by atoms with Crippen LogP contribution in [-0.4, -0.2) is 16.3 Å². The Hall–Kier alpha value is -1.77. The van der Waals surface area contributed by atoms with Crippen LogP contribution in [0.2, 0.25) is 0 Å². The van der Waals surface area contributed by atoms with Crippen molar-refractivity contribution in [2.45, 2.75) is 46.0 Å². The molecule has 0 radical (unpaired) electrons. The number of aryl methyl sites for hydroxylation is 2. The molecule has 3 nitrogen and oxygen atoms in total. The van der Waals surface area contributed by atoms with Gasteiger partial charge in [-0.2, -0.15) is 5.10 Å². The number of benzene rings is 1. The van der Waals surface area contributed by atoms with Gasteiger partial charge in [-0.05, 0) is 44.7 Å². The maximum absolute atomic E-state index is 4.88. The van der Waals surface area contributed by atoms with Crippen LogP contribution in [0, 0.1) is 6.92 Å². The highest BCUT2D eigenvalue weighted by atomic mass is 15.3. The lowest BCUT2D eigenvalue weighted by molar-refractivity contribution is 0.753. The Bertz CT molecular complexity index is 581. The van der Waals surface area contributed by atoms with Crippen LogP contribution in [0.1, 0.15) is 43.0 Å². The van der Waals surface area contributed by atoms with Gasteiger partial charge in [0.1, 0.15) is 5.82 Å². The molecule has 0 aliphatic carbocycles. The predicted molar refractivity (Wildman–Crippen MR) is 83.7 cm³/mol. The lowest BCUT2D eigenvalue weighted by atomic mass is 10.1. The predicted octanol–water partition coefficient (Wildman–Crippen LogP) is 3.88. The molecule has 1 aromatic heterocycles. The molecule has 0 unspecified atom stereocenters. The molecule has 1 aliphatic rings. The summed E-state index contributed by atoms with van der Waals surface area (Å²) < 4.78 is 2.10. The average Bonchev–Trinajstić information content (AvgIpc) is 2.64. The van der Waals surface area contributed by atoms with E-state index in [-0.39, 0.29) is 0 Å². The molecule has 3 heteroatoms. The summed E-state index contributed by atoms with van der Waals surface area (Å²) in [5.74, 6) is 1.22. The first-order valence-electron chi connectivity index (χ1n) is 7.71. The van der Waals surface area contributed by atoms with Crippen molar-refractivity contribution < 1.29 is 0 Å². The van der Waals surface area contributed by atoms with E-state index in [0.717, 1.165) is 31.5 Å². The highest BCUT2D eigenvalue weighted by Gasteiger charge is 2.19. The molecule has 2 aromatic rings. The molecular weight excluding hydrogens is 246 g/mol. The number of nitrogens with one attached hydrogen (secondary N) is 1. The molecule has 0 bridgehead atoms. The lowest BCUT2D eigenvalue weighted by Crippen LogP contribution is -2.07. The van der Waals surface area contributed by atoms with Gasteiger partial charge in [0.25, 0.3) is 0 Å². The van der Waals surface area contributed by atoms with Crippen molar-refractivity contribution >= 4 is 5.82 Å². The number of hydrogen-bond donors (Lipinski definition) is 1. The fourth-order valence-corrected chi connectivity index (χ4v) is 2.88. The number of hydrogen-bond acceptors (Lipinski definition) is 2. The van der Waals surface area contributed by atoms with Crippen LogP contribution < -0.4 is 5.32 Å². The van der Waals surface area contributed by atoms with Crippen LogP contribution >= 0.6 is 0 Å². The topological polar surface area (TPSA) is 29.9 Å². The molecule has 2 heterocycles. The van der Waals surface area contributed by atoms with Gasteiger partial charge < -0.3 is 5.32 Å². The van der Waals surface area contributed by atoms with Gasteiger partial charge in [0.2, 0.25) is 0 Å². The summed E-state index contributed by atoms with van der Waals surface area (Å²) >= 11 is 0. The Kier molecular flexibility index (Phi) is 3.77. The molecule has 20 heavy (non-hydrogen) atoms. The van der Waals surface area contributed by atoms with Gasteiger partial charge in [0.05, 0.1) is 11.4 Å². The Balaban J connectivity index is 2.07. The Morgan fingerprint density at radius 2 is 2.00 bits per heavy atom. The van der Waals surface area contributed by atoms with Crippen LogP contribution in [0.3, 0.4) is 0 Å². The summed E-state index contributed by atoms with van der Waals surface area (Å²) in [6.07, 6.45) is 5.88. The Labute approximate surface area is 121 Å². The van der Waals surface area contributed by atoms with Crippen molar-refractivity contribution in [1.82, 2.24) is 9.78 Å². The van der Waals surface area contributed by atoms with Crippen molar-refractivity contribution in [1.29, 1.82) is 0 Å². The van der Waals surface area contributed by atoms with E-state index < -0.39 is 0 Å². The van der Waals surface area contributed by atoms with E-state index in [0.29, 0.717) is 0 Å². The summed E-state index contributed by atoms with van der Waals surface area (Å²) in [4.78, 5) is 0. The summed E-state index contributed by atoms with van der Waals surface area (Å²) in [5.41, 5.74) is 5.15. The van der Waals surface area contributed by atoms with E-state index in [9.17, 15) is 0 Å². The number of aromatic nitrogens is 2. The molecule has 0 atom stereocenters. The normalized spacial score (nSPS) is 14.5. The fourth-order valence-electron chi connectivity index (χ4n) is 2.88. The highest BCUT2D eigenvalue weighted by molar-refractivity contribution is 5.54. The van der Waals surface area contributed by atoms with Crippen molar-refractivity contribution in [3.63, 3.8) is 0 Å². The fraction of sp³-hybridized carbons (Fsp3) is 0.471. The summed E-state index contributed by atoms with van der Waals surface area (Å²) in [6.45, 7) is 5.39. The monoisotopic (exact) mass is 269 g/mol. The Morgan fingerprint density at radius 3 is 2.75 bits per heavy atom. The van der Waals surface area contributed by atoms with E-state index in [1.807, 2.05) is 0 Å². The average molecular weight is 269 g/mol. The van der Waals surface area contributed by atoms with Crippen LogP contribution in [-0.2, 0) is 12.8 Å². The molecule has 1 aromatic carbocycles. The molecule has 0 saturated carbocycles. The number of anilines is 1. The molecule has 0 saturated heterocycles. The number of fused-ring (bicyclic) bond motifs is 1. The highest BCUT2D eigenvalue weighted by Crippen LogP contribution is 2.28. The van der Waals surface area contributed by atoms with Crippen molar-refractivity contribution in [2.24, 2.45) is 0 Å². The van der Waals surface area contributed by atoms with E-state index in [1.165, 1.54) is 35.5 Å². The van der Waals surface area contributed by atoms with Gasteiger partial charge in [-0.3, -0.25) is 0 Å². The molecule has 0 spiro atoms. The third-order valence-corrected chi connectivity index (χ3v) is 3.98. The number of rotatable bonds is 3. The SMILES string of the molecule is CCCc1nn(-c2ccc(C)cc2)c2c1CCCCN2. The quantitative estimate of drug-likeness (QED) is 0.916. The lowest BCUT2D eigenvalue weighted by Gasteiger charge is -2.09. The van der Waals surface area contributed by atoms with Crippen LogP contribution in [0.4, 0.5) is 5.82 Å². The summed E-state index contributed by atoms with van der Waals surface area (Å²) in [6, 6.07) is 8.62. The largest absolute Gasteiger partial charge is 0.370 e. The molecule has 3 rings (SSSR count).